The molecule has 0 saturated carbocycles. The second kappa shape index (κ2) is 7.92. The Morgan fingerprint density at radius 2 is 1.57 bits per heavy atom. The van der Waals surface area contributed by atoms with Crippen LogP contribution in [-0.2, 0) is 21.5 Å². The van der Waals surface area contributed by atoms with E-state index in [0.29, 0.717) is 11.3 Å². The lowest BCUT2D eigenvalue weighted by Crippen LogP contribution is -2.31. The Bertz CT molecular complexity index is 1090. The topological polar surface area (TPSA) is 49.4 Å². The van der Waals surface area contributed by atoms with Crippen molar-refractivity contribution < 1.29 is 9.59 Å². The summed E-state index contributed by atoms with van der Waals surface area (Å²) >= 11 is 1.46. The maximum atomic E-state index is 13.2. The summed E-state index contributed by atoms with van der Waals surface area (Å²) in [4.78, 5) is 28.6. The third-order valence-corrected chi connectivity index (χ3v) is 6.03. The first-order valence-corrected chi connectivity index (χ1v) is 10.8. The molecule has 152 valence electrons. The van der Waals surface area contributed by atoms with Crippen LogP contribution in [0.5, 0.6) is 0 Å². The van der Waals surface area contributed by atoms with Gasteiger partial charge in [-0.3, -0.25) is 14.5 Å². The van der Waals surface area contributed by atoms with Crippen LogP contribution in [-0.4, -0.2) is 16.7 Å². The van der Waals surface area contributed by atoms with E-state index in [2.05, 4.69) is 38.2 Å². The van der Waals surface area contributed by atoms with Crippen LogP contribution in [0.1, 0.15) is 36.8 Å². The predicted octanol–water partition coefficient (Wildman–Crippen LogP) is 5.44. The maximum absolute atomic E-state index is 13.2. The van der Waals surface area contributed by atoms with Crippen molar-refractivity contribution in [3.63, 3.8) is 0 Å². The first-order valence-electron chi connectivity index (χ1n) is 9.90. The van der Waals surface area contributed by atoms with E-state index >= 15 is 0 Å². The summed E-state index contributed by atoms with van der Waals surface area (Å²) in [6, 6.07) is 21.3. The van der Waals surface area contributed by atoms with E-state index in [9.17, 15) is 9.59 Å². The fraction of sp³-hybridized carbons (Fsp3) is 0.200. The van der Waals surface area contributed by atoms with Crippen molar-refractivity contribution in [3.8, 4) is 0 Å². The minimum Gasteiger partial charge on any atom is -0.350 e. The van der Waals surface area contributed by atoms with Gasteiger partial charge in [0.25, 0.3) is 11.8 Å². The zero-order chi connectivity index (χ0) is 21.3. The smallest absolute Gasteiger partial charge is 0.278 e. The van der Waals surface area contributed by atoms with Crippen molar-refractivity contribution in [1.82, 2.24) is 4.90 Å². The summed E-state index contributed by atoms with van der Waals surface area (Å²) in [5.41, 5.74) is 3.73. The van der Waals surface area contributed by atoms with Crippen LogP contribution in [0.25, 0.3) is 5.57 Å². The van der Waals surface area contributed by atoms with Gasteiger partial charge in [-0.15, -0.1) is 11.3 Å². The van der Waals surface area contributed by atoms with Gasteiger partial charge in [0.1, 0.15) is 5.70 Å². The lowest BCUT2D eigenvalue weighted by Gasteiger charge is -2.19. The van der Waals surface area contributed by atoms with Crippen LogP contribution < -0.4 is 5.32 Å². The van der Waals surface area contributed by atoms with E-state index in [1.54, 1.807) is 0 Å². The number of amides is 2. The molecule has 0 aliphatic carbocycles. The van der Waals surface area contributed by atoms with Crippen molar-refractivity contribution in [1.29, 1.82) is 0 Å². The van der Waals surface area contributed by atoms with Gasteiger partial charge < -0.3 is 5.32 Å². The summed E-state index contributed by atoms with van der Waals surface area (Å²) < 4.78 is 0. The molecule has 1 aromatic heterocycles. The predicted molar refractivity (Wildman–Crippen MR) is 122 cm³/mol. The molecule has 5 heteroatoms. The first-order chi connectivity index (χ1) is 14.3. The van der Waals surface area contributed by atoms with E-state index < -0.39 is 0 Å². The SMILES string of the molecule is CC(C)(C)c1ccc(NC2=C(c3cccs3)C(=O)N(Cc3ccccc3)C2=O)cc1. The molecule has 1 N–H and O–H groups in total. The van der Waals surface area contributed by atoms with Gasteiger partial charge in [-0.2, -0.15) is 0 Å². The second-order valence-corrected chi connectivity index (χ2v) is 9.31. The van der Waals surface area contributed by atoms with Gasteiger partial charge in [0, 0.05) is 10.6 Å². The van der Waals surface area contributed by atoms with Gasteiger partial charge >= 0.3 is 0 Å². The normalized spacial score (nSPS) is 14.6. The number of nitrogens with one attached hydrogen (secondary N) is 1. The lowest BCUT2D eigenvalue weighted by atomic mass is 9.87. The molecular weight excluding hydrogens is 392 g/mol. The maximum Gasteiger partial charge on any atom is 0.278 e. The third-order valence-electron chi connectivity index (χ3n) is 5.14. The molecule has 2 amide bonds. The van der Waals surface area contributed by atoms with Crippen molar-refractivity contribution in [2.24, 2.45) is 0 Å². The second-order valence-electron chi connectivity index (χ2n) is 8.36. The van der Waals surface area contributed by atoms with Crippen molar-refractivity contribution in [2.75, 3.05) is 5.32 Å². The molecule has 30 heavy (non-hydrogen) atoms. The molecule has 4 nitrogen and oxygen atoms in total. The van der Waals surface area contributed by atoms with Gasteiger partial charge in [-0.05, 0) is 40.1 Å². The van der Waals surface area contributed by atoms with E-state index in [1.807, 2.05) is 60.0 Å². The Kier molecular flexibility index (Phi) is 5.31. The molecular formula is C25H24N2O2S. The fourth-order valence-electron chi connectivity index (χ4n) is 3.45. The summed E-state index contributed by atoms with van der Waals surface area (Å²) in [5, 5.41) is 5.14. The lowest BCUT2D eigenvalue weighted by molar-refractivity contribution is -0.137. The molecule has 3 aromatic rings. The zero-order valence-corrected chi connectivity index (χ0v) is 18.1. The molecule has 4 rings (SSSR count). The summed E-state index contributed by atoms with van der Waals surface area (Å²) in [7, 11) is 0. The quantitative estimate of drug-likeness (QED) is 0.564. The third kappa shape index (κ3) is 3.94. The van der Waals surface area contributed by atoms with Crippen LogP contribution in [0.3, 0.4) is 0 Å². The largest absolute Gasteiger partial charge is 0.350 e. The highest BCUT2D eigenvalue weighted by molar-refractivity contribution is 7.11. The number of carbonyl (C=O) groups is 2. The van der Waals surface area contributed by atoms with E-state index in [1.165, 1.54) is 21.8 Å². The molecule has 0 radical (unpaired) electrons. The van der Waals surface area contributed by atoms with Crippen LogP contribution in [0.2, 0.25) is 0 Å². The summed E-state index contributed by atoms with van der Waals surface area (Å²) in [6.45, 7) is 6.73. The summed E-state index contributed by atoms with van der Waals surface area (Å²) in [6.07, 6.45) is 0. The monoisotopic (exact) mass is 416 g/mol. The highest BCUT2D eigenvalue weighted by atomic mass is 32.1. The van der Waals surface area contributed by atoms with Gasteiger partial charge in [0.05, 0.1) is 12.1 Å². The molecule has 0 spiro atoms. The molecule has 0 atom stereocenters. The number of carbonyl (C=O) groups excluding carboxylic acids is 2. The van der Waals surface area contributed by atoms with Crippen LogP contribution in [0, 0.1) is 0 Å². The molecule has 1 aliphatic heterocycles. The Morgan fingerprint density at radius 1 is 0.867 bits per heavy atom. The number of nitrogens with zero attached hydrogens (tertiary/aromatic N) is 1. The number of hydrogen-bond acceptors (Lipinski definition) is 4. The molecule has 0 saturated heterocycles. The highest BCUT2D eigenvalue weighted by Gasteiger charge is 2.39. The minimum absolute atomic E-state index is 0.0472. The Hall–Kier alpha value is -3.18. The number of anilines is 1. The number of benzene rings is 2. The Morgan fingerprint density at radius 3 is 2.17 bits per heavy atom. The highest BCUT2D eigenvalue weighted by Crippen LogP contribution is 2.34. The zero-order valence-electron chi connectivity index (χ0n) is 17.3. The van der Waals surface area contributed by atoms with Crippen molar-refractivity contribution in [3.05, 3.63) is 93.8 Å². The fourth-order valence-corrected chi connectivity index (χ4v) is 4.22. The van der Waals surface area contributed by atoms with Crippen LogP contribution >= 0.6 is 11.3 Å². The Balaban J connectivity index is 1.67. The molecule has 0 bridgehead atoms. The molecule has 0 fully saturated rings. The molecule has 0 unspecified atom stereocenters. The molecule has 1 aliphatic rings. The Labute approximate surface area is 180 Å². The molecule has 2 heterocycles. The van der Waals surface area contributed by atoms with E-state index in [0.717, 1.165) is 16.1 Å². The average molecular weight is 417 g/mol. The van der Waals surface area contributed by atoms with Gasteiger partial charge in [-0.1, -0.05) is 69.3 Å². The van der Waals surface area contributed by atoms with Gasteiger partial charge in [0.15, 0.2) is 0 Å². The summed E-state index contributed by atoms with van der Waals surface area (Å²) in [5.74, 6) is -0.563. The minimum atomic E-state index is -0.299. The molecule has 2 aromatic carbocycles. The first kappa shape index (κ1) is 20.1. The van der Waals surface area contributed by atoms with E-state index in [4.69, 9.17) is 0 Å². The average Bonchev–Trinajstić information content (AvgIpc) is 3.32. The number of hydrogen-bond donors (Lipinski definition) is 1. The van der Waals surface area contributed by atoms with Crippen molar-refractivity contribution in [2.45, 2.75) is 32.7 Å². The van der Waals surface area contributed by atoms with E-state index in [-0.39, 0.29) is 23.8 Å². The standard InChI is InChI=1S/C25H24N2O2S/c1-25(2,3)18-11-13-19(14-12-18)26-22-21(20-10-7-15-30-20)23(28)27(24(22)29)16-17-8-5-4-6-9-17/h4-15,26H,16H2,1-3H3. The van der Waals surface area contributed by atoms with Crippen LogP contribution in [0.15, 0.2) is 77.8 Å². The van der Waals surface area contributed by atoms with Crippen molar-refractivity contribution >= 4 is 34.4 Å². The number of rotatable bonds is 5. The number of imide groups is 1. The van der Waals surface area contributed by atoms with Gasteiger partial charge in [-0.25, -0.2) is 0 Å². The number of thiophene rings is 1. The van der Waals surface area contributed by atoms with Crippen LogP contribution in [0.4, 0.5) is 5.69 Å². The van der Waals surface area contributed by atoms with Gasteiger partial charge in [0.2, 0.25) is 0 Å².